The smallest absolute Gasteiger partial charge is 0.197 e. The summed E-state index contributed by atoms with van der Waals surface area (Å²) in [5.41, 5.74) is 2.08. The molecule has 0 radical (unpaired) electrons. The number of ketones is 1. The lowest BCUT2D eigenvalue weighted by Gasteiger charge is -2.13. The van der Waals surface area contributed by atoms with Gasteiger partial charge in [0.25, 0.3) is 0 Å². The number of halogens is 2. The fraction of sp³-hybridized carbons (Fsp3) is 0.0870. The first-order chi connectivity index (χ1) is 13.5. The Morgan fingerprint density at radius 1 is 1.07 bits per heavy atom. The van der Waals surface area contributed by atoms with Gasteiger partial charge >= 0.3 is 0 Å². The Balaban J connectivity index is 1.59. The zero-order chi connectivity index (χ0) is 19.9. The van der Waals surface area contributed by atoms with Gasteiger partial charge in [-0.1, -0.05) is 41.9 Å². The molecular weight excluding hydrogens is 377 g/mol. The highest BCUT2D eigenvalue weighted by Crippen LogP contribution is 2.26. The molecule has 0 aliphatic rings. The van der Waals surface area contributed by atoms with Gasteiger partial charge in [-0.3, -0.25) is 4.79 Å². The average Bonchev–Trinajstić information content (AvgIpc) is 2.70. The maximum atomic E-state index is 14.4. The summed E-state index contributed by atoms with van der Waals surface area (Å²) in [6, 6.07) is 20.9. The van der Waals surface area contributed by atoms with Crippen LogP contribution in [0.4, 0.5) is 10.1 Å². The Bertz CT molecular complexity index is 972. The number of anilines is 1. The van der Waals surface area contributed by atoms with Crippen LogP contribution in [0.5, 0.6) is 5.75 Å². The SMILES string of the molecule is CC(Oc1ccc(-c2ccccc2)c(F)c1)C(=O)C=CNc1ccc(Cl)cc1. The first kappa shape index (κ1) is 19.6. The minimum Gasteiger partial charge on any atom is -0.482 e. The molecule has 0 spiro atoms. The Morgan fingerprint density at radius 3 is 2.46 bits per heavy atom. The second-order valence-electron chi connectivity index (χ2n) is 6.15. The summed E-state index contributed by atoms with van der Waals surface area (Å²) in [5, 5.41) is 3.62. The largest absolute Gasteiger partial charge is 0.482 e. The maximum absolute atomic E-state index is 14.4. The molecule has 5 heteroatoms. The number of benzene rings is 3. The summed E-state index contributed by atoms with van der Waals surface area (Å²) >= 11 is 5.83. The van der Waals surface area contributed by atoms with Gasteiger partial charge < -0.3 is 10.1 Å². The van der Waals surface area contributed by atoms with Crippen molar-refractivity contribution in [3.05, 3.63) is 95.9 Å². The summed E-state index contributed by atoms with van der Waals surface area (Å²) in [7, 11) is 0. The van der Waals surface area contributed by atoms with Gasteiger partial charge in [-0.05, 0) is 48.9 Å². The molecule has 0 bridgehead atoms. The fourth-order valence-corrected chi connectivity index (χ4v) is 2.71. The number of carbonyl (C=O) groups excluding carboxylic acids is 1. The van der Waals surface area contributed by atoms with Crippen molar-refractivity contribution in [1.29, 1.82) is 0 Å². The van der Waals surface area contributed by atoms with E-state index in [4.69, 9.17) is 16.3 Å². The van der Waals surface area contributed by atoms with Gasteiger partial charge in [-0.2, -0.15) is 0 Å². The molecule has 0 saturated heterocycles. The Morgan fingerprint density at radius 2 is 1.79 bits per heavy atom. The van der Waals surface area contributed by atoms with Crippen molar-refractivity contribution in [1.82, 2.24) is 0 Å². The number of hydrogen-bond acceptors (Lipinski definition) is 3. The molecule has 1 atom stereocenters. The molecule has 0 heterocycles. The molecule has 28 heavy (non-hydrogen) atoms. The molecule has 3 aromatic carbocycles. The lowest BCUT2D eigenvalue weighted by atomic mass is 10.1. The van der Waals surface area contributed by atoms with Crippen LogP contribution in [0.2, 0.25) is 5.02 Å². The van der Waals surface area contributed by atoms with Crippen LogP contribution in [0, 0.1) is 5.82 Å². The van der Waals surface area contributed by atoms with Gasteiger partial charge in [0.05, 0.1) is 0 Å². The van der Waals surface area contributed by atoms with E-state index >= 15 is 0 Å². The second-order valence-corrected chi connectivity index (χ2v) is 6.59. The second kappa shape index (κ2) is 9.20. The van der Waals surface area contributed by atoms with Gasteiger partial charge in [0, 0.05) is 34.6 Å². The molecular formula is C23H19ClFNO2. The van der Waals surface area contributed by atoms with E-state index in [9.17, 15) is 9.18 Å². The number of nitrogens with one attached hydrogen (secondary N) is 1. The molecule has 142 valence electrons. The highest BCUT2D eigenvalue weighted by atomic mass is 35.5. The van der Waals surface area contributed by atoms with E-state index in [1.54, 1.807) is 43.3 Å². The maximum Gasteiger partial charge on any atom is 0.197 e. The van der Waals surface area contributed by atoms with Crippen molar-refractivity contribution in [3.8, 4) is 16.9 Å². The number of ether oxygens (including phenoxy) is 1. The van der Waals surface area contributed by atoms with Gasteiger partial charge in [0.1, 0.15) is 11.6 Å². The monoisotopic (exact) mass is 395 g/mol. The van der Waals surface area contributed by atoms with Crippen LogP contribution in [0.1, 0.15) is 6.92 Å². The standard InChI is InChI=1S/C23H19ClFNO2/c1-16(23(27)13-14-26-19-9-7-18(24)8-10-19)28-20-11-12-21(22(25)15-20)17-5-3-2-4-6-17/h2-16,26H,1H3. The minimum absolute atomic E-state index is 0.242. The van der Waals surface area contributed by atoms with Crippen molar-refractivity contribution < 1.29 is 13.9 Å². The van der Waals surface area contributed by atoms with E-state index in [1.807, 2.05) is 30.3 Å². The highest BCUT2D eigenvalue weighted by molar-refractivity contribution is 6.30. The van der Waals surface area contributed by atoms with E-state index in [-0.39, 0.29) is 5.78 Å². The van der Waals surface area contributed by atoms with E-state index in [2.05, 4.69) is 5.32 Å². The van der Waals surface area contributed by atoms with Crippen LogP contribution in [0.3, 0.4) is 0 Å². The minimum atomic E-state index is -0.745. The van der Waals surface area contributed by atoms with Crippen molar-refractivity contribution in [2.75, 3.05) is 5.32 Å². The van der Waals surface area contributed by atoms with Gasteiger partial charge in [0.2, 0.25) is 0 Å². The third-order valence-electron chi connectivity index (χ3n) is 4.08. The Hall–Kier alpha value is -3.11. The summed E-state index contributed by atoms with van der Waals surface area (Å²) < 4.78 is 20.0. The van der Waals surface area contributed by atoms with Crippen LogP contribution in [-0.2, 0) is 4.79 Å². The topological polar surface area (TPSA) is 38.3 Å². The zero-order valence-electron chi connectivity index (χ0n) is 15.2. The molecule has 3 rings (SSSR count). The molecule has 0 aliphatic heterocycles. The molecule has 3 aromatic rings. The number of rotatable bonds is 7. The van der Waals surface area contributed by atoms with Crippen LogP contribution in [-0.4, -0.2) is 11.9 Å². The van der Waals surface area contributed by atoms with Crippen LogP contribution >= 0.6 is 11.6 Å². The summed E-state index contributed by atoms with van der Waals surface area (Å²) in [5.74, 6) is -0.339. The Labute approximate surface area is 168 Å². The lowest BCUT2D eigenvalue weighted by molar-refractivity contribution is -0.120. The van der Waals surface area contributed by atoms with Crippen LogP contribution < -0.4 is 10.1 Å². The quantitative estimate of drug-likeness (QED) is 0.490. The molecule has 0 aliphatic carbocycles. The van der Waals surface area contributed by atoms with Crippen molar-refractivity contribution in [2.45, 2.75) is 13.0 Å². The summed E-state index contributed by atoms with van der Waals surface area (Å²) in [6.07, 6.45) is 2.17. The summed E-state index contributed by atoms with van der Waals surface area (Å²) in [6.45, 7) is 1.62. The molecule has 0 amide bonds. The van der Waals surface area contributed by atoms with Crippen molar-refractivity contribution in [2.24, 2.45) is 0 Å². The third kappa shape index (κ3) is 5.21. The predicted molar refractivity (Wildman–Crippen MR) is 111 cm³/mol. The highest BCUT2D eigenvalue weighted by Gasteiger charge is 2.13. The van der Waals surface area contributed by atoms with Crippen LogP contribution in [0.25, 0.3) is 11.1 Å². The third-order valence-corrected chi connectivity index (χ3v) is 4.33. The number of hydrogen-bond donors (Lipinski definition) is 1. The van der Waals surface area contributed by atoms with Gasteiger partial charge in [0.15, 0.2) is 11.9 Å². The number of carbonyl (C=O) groups is 1. The van der Waals surface area contributed by atoms with E-state index in [0.29, 0.717) is 16.3 Å². The van der Waals surface area contributed by atoms with E-state index in [1.165, 1.54) is 18.3 Å². The normalized spacial score (nSPS) is 12.0. The molecule has 0 saturated carbocycles. The summed E-state index contributed by atoms with van der Waals surface area (Å²) in [4.78, 5) is 12.2. The average molecular weight is 396 g/mol. The van der Waals surface area contributed by atoms with Crippen molar-refractivity contribution in [3.63, 3.8) is 0 Å². The van der Waals surface area contributed by atoms with E-state index < -0.39 is 11.9 Å². The first-order valence-corrected chi connectivity index (χ1v) is 9.15. The first-order valence-electron chi connectivity index (χ1n) is 8.77. The van der Waals surface area contributed by atoms with Crippen molar-refractivity contribution >= 4 is 23.1 Å². The molecule has 0 aromatic heterocycles. The predicted octanol–water partition coefficient (Wildman–Crippen LogP) is 6.11. The van der Waals surface area contributed by atoms with E-state index in [0.717, 1.165) is 11.3 Å². The van der Waals surface area contributed by atoms with Crippen LogP contribution in [0.15, 0.2) is 85.1 Å². The lowest BCUT2D eigenvalue weighted by Crippen LogP contribution is -2.22. The molecule has 0 fully saturated rings. The van der Waals surface area contributed by atoms with Gasteiger partial charge in [-0.25, -0.2) is 4.39 Å². The Kier molecular flexibility index (Phi) is 6.45. The molecule has 3 nitrogen and oxygen atoms in total. The molecule has 1 N–H and O–H groups in total. The molecule has 1 unspecified atom stereocenters. The van der Waals surface area contributed by atoms with Gasteiger partial charge in [-0.15, -0.1) is 0 Å². The zero-order valence-corrected chi connectivity index (χ0v) is 16.0. The fourth-order valence-electron chi connectivity index (χ4n) is 2.58.